The Morgan fingerprint density at radius 1 is 1.00 bits per heavy atom. The lowest BCUT2D eigenvalue weighted by atomic mass is 9.67. The van der Waals surface area contributed by atoms with E-state index < -0.39 is 17.2 Å². The Hall–Kier alpha value is -2.60. The van der Waals surface area contributed by atoms with Crippen LogP contribution in [0.2, 0.25) is 0 Å². The first kappa shape index (κ1) is 22.2. The van der Waals surface area contributed by atoms with Crippen molar-refractivity contribution in [1.29, 1.82) is 0 Å². The molecule has 3 nitrogen and oxygen atoms in total. The van der Waals surface area contributed by atoms with Gasteiger partial charge in [0, 0.05) is 23.8 Å². The van der Waals surface area contributed by atoms with Gasteiger partial charge in [-0.15, -0.1) is 0 Å². The van der Waals surface area contributed by atoms with Crippen LogP contribution in [0.15, 0.2) is 36.4 Å². The fourth-order valence-corrected chi connectivity index (χ4v) is 5.64. The number of ketones is 1. The first-order valence-corrected chi connectivity index (χ1v) is 11.8. The number of halogens is 3. The van der Waals surface area contributed by atoms with Crippen molar-refractivity contribution < 1.29 is 23.1 Å². The van der Waals surface area contributed by atoms with Crippen molar-refractivity contribution >= 4 is 16.7 Å². The molecule has 33 heavy (non-hydrogen) atoms. The van der Waals surface area contributed by atoms with Crippen LogP contribution in [0.3, 0.4) is 0 Å². The minimum atomic E-state index is -0.710. The smallest absolute Gasteiger partial charge is 0.150 e. The number of rotatable bonds is 6. The van der Waals surface area contributed by atoms with Crippen molar-refractivity contribution in [2.75, 3.05) is 0 Å². The highest BCUT2D eigenvalue weighted by Crippen LogP contribution is 2.49. The molecule has 174 valence electrons. The molecule has 0 amide bonds. The molecule has 2 aliphatic carbocycles. The van der Waals surface area contributed by atoms with Gasteiger partial charge in [-0.25, -0.2) is 13.2 Å². The minimum absolute atomic E-state index is 0.0216. The van der Waals surface area contributed by atoms with Gasteiger partial charge in [-0.2, -0.15) is 0 Å². The maximum atomic E-state index is 14.5. The summed E-state index contributed by atoms with van der Waals surface area (Å²) in [6.07, 6.45) is 6.79. The lowest BCUT2D eigenvalue weighted by molar-refractivity contribution is -0.127. The first-order chi connectivity index (χ1) is 15.8. The lowest BCUT2D eigenvalue weighted by Gasteiger charge is -2.36. The zero-order valence-corrected chi connectivity index (χ0v) is 18.5. The molecule has 2 aliphatic rings. The Morgan fingerprint density at radius 3 is 2.39 bits per heavy atom. The molecule has 6 heteroatoms. The third kappa shape index (κ3) is 4.33. The number of hydrogen-bond donors (Lipinski definition) is 2. The van der Waals surface area contributed by atoms with Gasteiger partial charge in [-0.1, -0.05) is 19.3 Å². The Labute approximate surface area is 191 Å². The number of aliphatic hydroxyl groups is 1. The number of aromatic nitrogens is 1. The molecular weight excluding hydrogens is 427 g/mol. The van der Waals surface area contributed by atoms with E-state index in [1.165, 1.54) is 18.2 Å². The molecule has 3 aromatic rings. The van der Waals surface area contributed by atoms with Crippen molar-refractivity contribution in [3.05, 3.63) is 59.4 Å². The van der Waals surface area contributed by atoms with E-state index in [2.05, 4.69) is 4.98 Å². The van der Waals surface area contributed by atoms with Crippen LogP contribution in [-0.2, 0) is 4.79 Å². The zero-order chi connectivity index (χ0) is 23.2. The van der Waals surface area contributed by atoms with E-state index in [4.69, 9.17) is 0 Å². The van der Waals surface area contributed by atoms with Crippen LogP contribution in [0, 0.1) is 23.4 Å². The molecular formula is C27H28F3NO2. The number of aromatic amines is 1. The Morgan fingerprint density at radius 2 is 1.70 bits per heavy atom. The number of benzene rings is 2. The molecule has 1 aromatic heterocycles. The minimum Gasteiger partial charge on any atom is -0.390 e. The van der Waals surface area contributed by atoms with Gasteiger partial charge in [-0.05, 0) is 79.5 Å². The number of nitrogens with one attached hydrogen (secondary N) is 1. The van der Waals surface area contributed by atoms with Crippen LogP contribution in [0.4, 0.5) is 13.2 Å². The molecule has 0 unspecified atom stereocenters. The zero-order valence-electron chi connectivity index (χ0n) is 18.5. The lowest BCUT2D eigenvalue weighted by Crippen LogP contribution is -2.34. The van der Waals surface area contributed by atoms with Gasteiger partial charge < -0.3 is 10.1 Å². The topological polar surface area (TPSA) is 53.1 Å². The van der Waals surface area contributed by atoms with Gasteiger partial charge in [-0.3, -0.25) is 4.79 Å². The summed E-state index contributed by atoms with van der Waals surface area (Å²) in [7, 11) is 0. The summed E-state index contributed by atoms with van der Waals surface area (Å²) in [5.74, 6) is -1.67. The summed E-state index contributed by atoms with van der Waals surface area (Å²) in [5.41, 5.74) is 1.63. The van der Waals surface area contributed by atoms with Gasteiger partial charge in [0.25, 0.3) is 0 Å². The van der Waals surface area contributed by atoms with Gasteiger partial charge in [0.2, 0.25) is 0 Å². The van der Waals surface area contributed by atoms with Crippen LogP contribution in [0.5, 0.6) is 0 Å². The Balaban J connectivity index is 1.37. The van der Waals surface area contributed by atoms with Crippen LogP contribution in [0.25, 0.3) is 22.2 Å². The average molecular weight is 456 g/mol. The molecule has 2 N–H and O–H groups in total. The third-order valence-corrected chi connectivity index (χ3v) is 7.62. The summed E-state index contributed by atoms with van der Waals surface area (Å²) >= 11 is 0. The highest BCUT2D eigenvalue weighted by Gasteiger charge is 2.39. The van der Waals surface area contributed by atoms with E-state index in [9.17, 15) is 23.1 Å². The second-order valence-electron chi connectivity index (χ2n) is 9.85. The predicted molar refractivity (Wildman–Crippen MR) is 121 cm³/mol. The van der Waals surface area contributed by atoms with Crippen molar-refractivity contribution in [2.45, 2.75) is 69.3 Å². The first-order valence-electron chi connectivity index (χ1n) is 11.8. The normalized spacial score (nSPS) is 22.3. The molecule has 1 heterocycles. The van der Waals surface area contributed by atoms with E-state index in [1.807, 2.05) is 0 Å². The van der Waals surface area contributed by atoms with E-state index in [0.29, 0.717) is 42.3 Å². The maximum absolute atomic E-state index is 14.5. The van der Waals surface area contributed by atoms with Crippen LogP contribution >= 0.6 is 0 Å². The Kier molecular flexibility index (Phi) is 5.81. The second-order valence-corrected chi connectivity index (χ2v) is 9.85. The summed E-state index contributed by atoms with van der Waals surface area (Å²) in [5, 5.41) is 11.2. The standard InChI is InChI=1S/C27H28F3NO2/c28-19-6-4-16(5-7-19)25-24(21-14-20(29)15-22(30)26(21)31-25)18-12-17(13-18)23(32)8-11-27(33)9-2-1-3-10-27/h4-7,14-15,17-18,31,33H,1-3,8-13H2. The van der Waals surface area contributed by atoms with Gasteiger partial charge >= 0.3 is 0 Å². The van der Waals surface area contributed by atoms with E-state index >= 15 is 0 Å². The summed E-state index contributed by atoms with van der Waals surface area (Å²) < 4.78 is 42.0. The quantitative estimate of drug-likeness (QED) is 0.430. The highest BCUT2D eigenvalue weighted by atomic mass is 19.1. The van der Waals surface area contributed by atoms with E-state index in [1.54, 1.807) is 12.1 Å². The largest absolute Gasteiger partial charge is 0.390 e. The van der Waals surface area contributed by atoms with Crippen LogP contribution in [0.1, 0.15) is 69.3 Å². The average Bonchev–Trinajstić information content (AvgIpc) is 3.12. The van der Waals surface area contributed by atoms with Gasteiger partial charge in [0.05, 0.1) is 16.8 Å². The second kappa shape index (κ2) is 8.64. The summed E-state index contributed by atoms with van der Waals surface area (Å²) in [6.45, 7) is 0. The number of Topliss-reactive ketones (excluding diaryl/α,β-unsaturated/α-hetero) is 1. The maximum Gasteiger partial charge on any atom is 0.150 e. The van der Waals surface area contributed by atoms with Crippen molar-refractivity contribution in [3.8, 4) is 11.3 Å². The number of carbonyl (C=O) groups is 1. The van der Waals surface area contributed by atoms with Crippen molar-refractivity contribution in [2.24, 2.45) is 5.92 Å². The molecule has 0 radical (unpaired) electrons. The summed E-state index contributed by atoms with van der Waals surface area (Å²) in [6, 6.07) is 8.08. The summed E-state index contributed by atoms with van der Waals surface area (Å²) in [4.78, 5) is 15.9. The third-order valence-electron chi connectivity index (χ3n) is 7.62. The van der Waals surface area contributed by atoms with Crippen LogP contribution in [-0.4, -0.2) is 21.5 Å². The fourth-order valence-electron chi connectivity index (χ4n) is 5.64. The SMILES string of the molecule is O=C(CCC1(O)CCCCC1)C1CC(c2c(-c3ccc(F)cc3)[nH]c3c(F)cc(F)cc23)C1. The van der Waals surface area contributed by atoms with Gasteiger partial charge in [0.15, 0.2) is 0 Å². The van der Waals surface area contributed by atoms with E-state index in [0.717, 1.165) is 43.7 Å². The Bertz CT molecular complexity index is 1170. The molecule has 0 spiro atoms. The molecule has 0 atom stereocenters. The van der Waals surface area contributed by atoms with Crippen molar-refractivity contribution in [3.63, 3.8) is 0 Å². The molecule has 0 saturated heterocycles. The molecule has 2 saturated carbocycles. The van der Waals surface area contributed by atoms with Gasteiger partial charge in [0.1, 0.15) is 23.2 Å². The monoisotopic (exact) mass is 455 g/mol. The van der Waals surface area contributed by atoms with E-state index in [-0.39, 0.29) is 29.0 Å². The fraction of sp³-hybridized carbons (Fsp3) is 0.444. The van der Waals surface area contributed by atoms with Crippen LogP contribution < -0.4 is 0 Å². The highest BCUT2D eigenvalue weighted by molar-refractivity contribution is 5.92. The predicted octanol–water partition coefficient (Wildman–Crippen LogP) is 6.79. The number of carbonyl (C=O) groups excluding carboxylic acids is 1. The number of H-pyrrole nitrogens is 1. The molecule has 0 bridgehead atoms. The van der Waals surface area contributed by atoms with Crippen molar-refractivity contribution in [1.82, 2.24) is 4.98 Å². The molecule has 0 aliphatic heterocycles. The number of fused-ring (bicyclic) bond motifs is 1. The molecule has 2 aromatic carbocycles. The molecule has 2 fully saturated rings. The number of hydrogen-bond acceptors (Lipinski definition) is 2. The molecule has 5 rings (SSSR count).